The zero-order valence-corrected chi connectivity index (χ0v) is 10.8. The van der Waals surface area contributed by atoms with Gasteiger partial charge in [-0.2, -0.15) is 9.61 Å². The first-order valence-corrected chi connectivity index (χ1v) is 6.58. The van der Waals surface area contributed by atoms with Crippen molar-refractivity contribution in [3.63, 3.8) is 0 Å². The highest BCUT2D eigenvalue weighted by molar-refractivity contribution is 7.16. The van der Waals surface area contributed by atoms with Crippen molar-refractivity contribution in [2.45, 2.75) is 13.3 Å². The monoisotopic (exact) mass is 259 g/mol. The van der Waals surface area contributed by atoms with Crippen LogP contribution in [0.4, 0.5) is 0 Å². The summed E-state index contributed by atoms with van der Waals surface area (Å²) in [5.74, 6) is 0.782. The molecule has 2 heterocycles. The van der Waals surface area contributed by atoms with E-state index in [2.05, 4.69) is 34.4 Å². The first kappa shape index (κ1) is 11.3. The van der Waals surface area contributed by atoms with Gasteiger partial charge >= 0.3 is 0 Å². The molecule has 3 aromatic rings. The topological polar surface area (TPSA) is 69.1 Å². The second kappa shape index (κ2) is 4.47. The van der Waals surface area contributed by atoms with E-state index >= 15 is 0 Å². The Hall–Kier alpha value is -1.79. The third-order valence-corrected chi connectivity index (χ3v) is 3.66. The molecule has 1 aromatic carbocycles. The van der Waals surface area contributed by atoms with Crippen LogP contribution in [-0.2, 0) is 6.42 Å². The van der Waals surface area contributed by atoms with Gasteiger partial charge in [-0.25, -0.2) is 0 Å². The minimum absolute atomic E-state index is 0.601. The van der Waals surface area contributed by atoms with Crippen LogP contribution >= 0.6 is 11.3 Å². The molecule has 0 radical (unpaired) electrons. The van der Waals surface area contributed by atoms with E-state index in [4.69, 9.17) is 5.73 Å². The standard InChI is InChI=1S/C12H13N5S/c1-8-2-4-9(5-3-8)11-14-15-12-17(11)16-10(18-12)6-7-13/h2-5H,6-7,13H2,1H3. The Bertz CT molecular complexity index is 667. The summed E-state index contributed by atoms with van der Waals surface area (Å²) in [6, 6.07) is 8.19. The molecule has 0 amide bonds. The number of benzene rings is 1. The van der Waals surface area contributed by atoms with Crippen LogP contribution in [0.2, 0.25) is 0 Å². The molecular weight excluding hydrogens is 246 g/mol. The molecule has 0 saturated heterocycles. The molecule has 18 heavy (non-hydrogen) atoms. The van der Waals surface area contributed by atoms with Crippen LogP contribution in [0, 0.1) is 6.92 Å². The van der Waals surface area contributed by atoms with Crippen molar-refractivity contribution in [1.29, 1.82) is 0 Å². The van der Waals surface area contributed by atoms with Gasteiger partial charge in [-0.3, -0.25) is 0 Å². The lowest BCUT2D eigenvalue weighted by Gasteiger charge is -1.97. The molecule has 6 heteroatoms. The van der Waals surface area contributed by atoms with Gasteiger partial charge in [0, 0.05) is 12.0 Å². The smallest absolute Gasteiger partial charge is 0.234 e. The van der Waals surface area contributed by atoms with E-state index in [1.54, 1.807) is 4.52 Å². The van der Waals surface area contributed by atoms with Gasteiger partial charge in [-0.15, -0.1) is 10.2 Å². The molecule has 2 N–H and O–H groups in total. The normalized spacial score (nSPS) is 11.2. The number of rotatable bonds is 3. The van der Waals surface area contributed by atoms with E-state index in [-0.39, 0.29) is 0 Å². The van der Waals surface area contributed by atoms with Crippen LogP contribution in [0.5, 0.6) is 0 Å². The number of nitrogens with zero attached hydrogens (tertiary/aromatic N) is 4. The van der Waals surface area contributed by atoms with Crippen molar-refractivity contribution in [2.24, 2.45) is 5.73 Å². The van der Waals surface area contributed by atoms with E-state index in [0.29, 0.717) is 6.54 Å². The minimum atomic E-state index is 0.601. The summed E-state index contributed by atoms with van der Waals surface area (Å²) in [4.78, 5) is 0.814. The van der Waals surface area contributed by atoms with Gasteiger partial charge < -0.3 is 5.73 Å². The molecule has 0 atom stereocenters. The summed E-state index contributed by atoms with van der Waals surface area (Å²) in [7, 11) is 0. The lowest BCUT2D eigenvalue weighted by molar-refractivity contribution is 0.871. The highest BCUT2D eigenvalue weighted by Gasteiger charge is 2.12. The highest BCUT2D eigenvalue weighted by Crippen LogP contribution is 2.21. The molecule has 0 aliphatic carbocycles. The van der Waals surface area contributed by atoms with E-state index in [1.807, 2.05) is 12.1 Å². The SMILES string of the molecule is Cc1ccc(-c2nnc3sc(CCN)nn23)cc1. The second-order valence-corrected chi connectivity index (χ2v) is 5.16. The number of aromatic nitrogens is 4. The fraction of sp³-hybridized carbons (Fsp3) is 0.250. The van der Waals surface area contributed by atoms with Gasteiger partial charge in [0.1, 0.15) is 5.01 Å². The molecule has 92 valence electrons. The predicted octanol–water partition coefficient (Wildman–Crippen LogP) is 1.66. The van der Waals surface area contributed by atoms with Crippen LogP contribution in [0.3, 0.4) is 0 Å². The second-order valence-electron chi connectivity index (χ2n) is 4.12. The lowest BCUT2D eigenvalue weighted by Crippen LogP contribution is -2.03. The molecule has 5 nitrogen and oxygen atoms in total. The lowest BCUT2D eigenvalue weighted by atomic mass is 10.1. The van der Waals surface area contributed by atoms with Crippen LogP contribution in [0.25, 0.3) is 16.3 Å². The summed E-state index contributed by atoms with van der Waals surface area (Å²) < 4.78 is 1.79. The Balaban J connectivity index is 2.08. The van der Waals surface area contributed by atoms with Gasteiger partial charge in [-0.1, -0.05) is 41.2 Å². The van der Waals surface area contributed by atoms with E-state index < -0.39 is 0 Å². The maximum atomic E-state index is 5.54. The minimum Gasteiger partial charge on any atom is -0.330 e. The van der Waals surface area contributed by atoms with Crippen molar-refractivity contribution in [3.8, 4) is 11.4 Å². The average Bonchev–Trinajstić information content (AvgIpc) is 2.90. The van der Waals surface area contributed by atoms with E-state index in [1.165, 1.54) is 16.9 Å². The van der Waals surface area contributed by atoms with Crippen molar-refractivity contribution < 1.29 is 0 Å². The van der Waals surface area contributed by atoms with Crippen LogP contribution in [0.1, 0.15) is 10.6 Å². The molecule has 0 aliphatic heterocycles. The number of hydrogen-bond donors (Lipinski definition) is 1. The third kappa shape index (κ3) is 1.89. The Kier molecular flexibility index (Phi) is 2.81. The molecule has 0 saturated carbocycles. The van der Waals surface area contributed by atoms with Crippen molar-refractivity contribution in [1.82, 2.24) is 19.8 Å². The largest absolute Gasteiger partial charge is 0.330 e. The molecule has 0 aliphatic rings. The van der Waals surface area contributed by atoms with Gasteiger partial charge in [0.15, 0.2) is 5.82 Å². The number of hydrogen-bond acceptors (Lipinski definition) is 5. The van der Waals surface area contributed by atoms with Crippen LogP contribution < -0.4 is 5.73 Å². The van der Waals surface area contributed by atoms with Crippen molar-refractivity contribution in [2.75, 3.05) is 6.54 Å². The Labute approximate surface area is 108 Å². The molecule has 0 fully saturated rings. The molecule has 0 spiro atoms. The summed E-state index contributed by atoms with van der Waals surface area (Å²) >= 11 is 1.54. The van der Waals surface area contributed by atoms with Crippen molar-refractivity contribution >= 4 is 16.3 Å². The van der Waals surface area contributed by atoms with E-state index in [0.717, 1.165) is 27.8 Å². The van der Waals surface area contributed by atoms with Gasteiger partial charge in [-0.05, 0) is 13.5 Å². The van der Waals surface area contributed by atoms with Gasteiger partial charge in [0.2, 0.25) is 4.96 Å². The van der Waals surface area contributed by atoms with E-state index in [9.17, 15) is 0 Å². The van der Waals surface area contributed by atoms with Gasteiger partial charge in [0.25, 0.3) is 0 Å². The third-order valence-electron chi connectivity index (χ3n) is 2.70. The quantitative estimate of drug-likeness (QED) is 0.776. The maximum Gasteiger partial charge on any atom is 0.234 e. The highest BCUT2D eigenvalue weighted by atomic mass is 32.1. The fourth-order valence-electron chi connectivity index (χ4n) is 1.76. The molecule has 2 aromatic heterocycles. The predicted molar refractivity (Wildman–Crippen MR) is 71.6 cm³/mol. The number of aryl methyl sites for hydroxylation is 1. The van der Waals surface area contributed by atoms with Gasteiger partial charge in [0.05, 0.1) is 0 Å². The fourth-order valence-corrected chi connectivity index (χ4v) is 2.61. The van der Waals surface area contributed by atoms with Crippen molar-refractivity contribution in [3.05, 3.63) is 34.8 Å². The number of nitrogens with two attached hydrogens (primary N) is 1. The summed E-state index contributed by atoms with van der Waals surface area (Å²) in [5, 5.41) is 13.8. The molecule has 3 rings (SSSR count). The Morgan fingerprint density at radius 1 is 1.22 bits per heavy atom. The maximum absolute atomic E-state index is 5.54. The van der Waals surface area contributed by atoms with Crippen LogP contribution in [-0.4, -0.2) is 26.4 Å². The summed E-state index contributed by atoms with van der Waals surface area (Å²) in [6.07, 6.45) is 0.779. The first-order chi connectivity index (χ1) is 8.78. The zero-order chi connectivity index (χ0) is 12.5. The number of fused-ring (bicyclic) bond motifs is 1. The Morgan fingerprint density at radius 2 is 2.00 bits per heavy atom. The average molecular weight is 259 g/mol. The molecule has 0 unspecified atom stereocenters. The Morgan fingerprint density at radius 3 is 2.72 bits per heavy atom. The first-order valence-electron chi connectivity index (χ1n) is 5.76. The summed E-state index contributed by atoms with van der Waals surface area (Å²) in [6.45, 7) is 2.66. The van der Waals surface area contributed by atoms with Crippen LogP contribution in [0.15, 0.2) is 24.3 Å². The zero-order valence-electron chi connectivity index (χ0n) is 10.00. The molecule has 0 bridgehead atoms. The summed E-state index contributed by atoms with van der Waals surface area (Å²) in [5.41, 5.74) is 7.79. The molecular formula is C12H13N5S.